The van der Waals surface area contributed by atoms with Gasteiger partial charge in [-0.3, -0.25) is 9.36 Å². The third-order valence-corrected chi connectivity index (χ3v) is 7.59. The Kier molecular flexibility index (Phi) is 6.47. The number of rotatable bonds is 8. The van der Waals surface area contributed by atoms with E-state index in [2.05, 4.69) is 20.0 Å². The lowest BCUT2D eigenvalue weighted by atomic mass is 9.97. The largest absolute Gasteiger partial charge is 0.397 e. The van der Waals surface area contributed by atoms with Gasteiger partial charge in [-0.2, -0.15) is 0 Å². The predicted octanol–water partition coefficient (Wildman–Crippen LogP) is -0.565. The van der Waals surface area contributed by atoms with Crippen LogP contribution in [0.2, 0.25) is 0 Å². The molecule has 0 aliphatic carbocycles. The Balaban J connectivity index is 1.18. The van der Waals surface area contributed by atoms with Gasteiger partial charge in [0.2, 0.25) is 10.0 Å². The highest BCUT2D eigenvalue weighted by molar-refractivity contribution is 7.92. The summed E-state index contributed by atoms with van der Waals surface area (Å²) < 4.78 is 34.4. The van der Waals surface area contributed by atoms with Crippen LogP contribution in [0.25, 0.3) is 11.2 Å². The second kappa shape index (κ2) is 9.48. The fraction of sp³-hybridized carbons (Fsp3) is 0.348. The van der Waals surface area contributed by atoms with Crippen LogP contribution in [0.4, 0.5) is 5.69 Å². The van der Waals surface area contributed by atoms with Crippen molar-refractivity contribution in [2.45, 2.75) is 43.1 Å². The van der Waals surface area contributed by atoms with Gasteiger partial charge >= 0.3 is 0 Å². The number of carbonyl (C=O) groups is 1. The number of pyridine rings is 1. The summed E-state index contributed by atoms with van der Waals surface area (Å²) >= 11 is 0. The molecule has 0 radical (unpaired) electrons. The zero-order chi connectivity index (χ0) is 26.4. The molecule has 4 heterocycles. The first kappa shape index (κ1) is 25.3. The first-order chi connectivity index (χ1) is 17.6. The summed E-state index contributed by atoms with van der Waals surface area (Å²) in [5, 5.41) is 35.2. The van der Waals surface area contributed by atoms with E-state index in [1.165, 1.54) is 23.2 Å². The highest BCUT2D eigenvalue weighted by Crippen LogP contribution is 2.33. The van der Waals surface area contributed by atoms with Crippen molar-refractivity contribution in [3.05, 3.63) is 65.5 Å². The Morgan fingerprint density at radius 2 is 2.00 bits per heavy atom. The van der Waals surface area contributed by atoms with Crippen LogP contribution in [0.5, 0.6) is 0 Å². The molecule has 0 bridgehead atoms. The first-order valence-electron chi connectivity index (χ1n) is 11.5. The van der Waals surface area contributed by atoms with Crippen LogP contribution in [0, 0.1) is 0 Å². The number of fused-ring (bicyclic) bond motifs is 2. The highest BCUT2D eigenvalue weighted by atomic mass is 32.2. The van der Waals surface area contributed by atoms with Crippen molar-refractivity contribution >= 4 is 32.8 Å². The van der Waals surface area contributed by atoms with E-state index in [1.54, 1.807) is 30.3 Å². The normalized spacial score (nSPS) is 27.7. The van der Waals surface area contributed by atoms with Gasteiger partial charge in [-0.15, -0.1) is 0 Å². The molecule has 1 fully saturated rings. The molecule has 1 aromatic carbocycles. The maximum absolute atomic E-state index is 12.5. The molecule has 0 spiro atoms. The van der Waals surface area contributed by atoms with E-state index in [4.69, 9.17) is 10.5 Å². The first-order valence-corrected chi connectivity index (χ1v) is 13.0. The number of nitrogens with two attached hydrogens (primary N) is 1. The summed E-state index contributed by atoms with van der Waals surface area (Å²) in [4.78, 5) is 20.4. The molecule has 2 aliphatic heterocycles. The number of nitrogens with one attached hydrogen (secondary N) is 2. The number of nitrogen functional groups attached to an aromatic ring is 1. The number of amides is 1. The summed E-state index contributed by atoms with van der Waals surface area (Å²) in [5.74, 6) is -0.394. The third-order valence-electron chi connectivity index (χ3n) is 6.47. The lowest BCUT2D eigenvalue weighted by molar-refractivity contribution is -0.0329. The van der Waals surface area contributed by atoms with Gasteiger partial charge in [-0.1, -0.05) is 24.3 Å². The van der Waals surface area contributed by atoms with Gasteiger partial charge in [-0.05, 0) is 18.6 Å². The van der Waals surface area contributed by atoms with Gasteiger partial charge in [0.1, 0.15) is 23.8 Å². The Labute approximate surface area is 211 Å². The number of hydrogen-bond acceptors (Lipinski definition) is 10. The molecule has 37 heavy (non-hydrogen) atoms. The number of allylic oxidation sites excluding steroid dienone is 1. The average molecular weight is 531 g/mol. The van der Waals surface area contributed by atoms with Crippen LogP contribution >= 0.6 is 0 Å². The maximum Gasteiger partial charge on any atom is 0.254 e. The Hall–Kier alpha value is -3.40. The molecule has 1 amide bonds. The van der Waals surface area contributed by atoms with Gasteiger partial charge in [0.05, 0.1) is 12.0 Å². The number of aliphatic hydroxyl groups excluding tert-OH is 2. The fourth-order valence-corrected chi connectivity index (χ4v) is 5.44. The molecular formula is C23H26N6O7S. The summed E-state index contributed by atoms with van der Waals surface area (Å²) in [7, 11) is -3.93. The molecule has 196 valence electrons. The number of aromatic nitrogens is 3. The minimum absolute atomic E-state index is 0.0670. The molecule has 2 aliphatic rings. The Morgan fingerprint density at radius 3 is 2.81 bits per heavy atom. The monoisotopic (exact) mass is 530 g/mol. The fourth-order valence-electron chi connectivity index (χ4n) is 4.56. The summed E-state index contributed by atoms with van der Waals surface area (Å²) in [6.07, 6.45) is -0.419. The topological polar surface area (TPSA) is 202 Å². The van der Waals surface area contributed by atoms with Crippen molar-refractivity contribution in [1.29, 1.82) is 0 Å². The summed E-state index contributed by atoms with van der Waals surface area (Å²) in [6, 6.07) is 8.22. The van der Waals surface area contributed by atoms with Crippen LogP contribution in [-0.4, -0.2) is 69.0 Å². The molecule has 5 atom stereocenters. The second-order valence-electron chi connectivity index (χ2n) is 8.93. The van der Waals surface area contributed by atoms with Crippen molar-refractivity contribution in [3.8, 4) is 0 Å². The van der Waals surface area contributed by atoms with E-state index in [0.717, 1.165) is 5.41 Å². The Bertz CT molecular complexity index is 1480. The van der Waals surface area contributed by atoms with Crippen molar-refractivity contribution in [3.63, 3.8) is 0 Å². The molecule has 5 rings (SSSR count). The summed E-state index contributed by atoms with van der Waals surface area (Å²) in [5.41, 5.74) is 6.27. The lowest BCUT2D eigenvalue weighted by Gasteiger charge is -2.23. The van der Waals surface area contributed by atoms with E-state index < -0.39 is 46.2 Å². The third kappa shape index (κ3) is 4.70. The molecule has 2 aromatic heterocycles. The number of imidazole rings is 1. The van der Waals surface area contributed by atoms with Crippen molar-refractivity contribution < 1.29 is 33.3 Å². The minimum Gasteiger partial charge on any atom is -0.397 e. The van der Waals surface area contributed by atoms with Crippen LogP contribution in [0.1, 0.15) is 35.0 Å². The van der Waals surface area contributed by atoms with E-state index in [0.29, 0.717) is 28.0 Å². The molecule has 14 heteroatoms. The zero-order valence-corrected chi connectivity index (χ0v) is 20.2. The average Bonchev–Trinajstić information content (AvgIpc) is 3.50. The molecule has 3 aromatic rings. The van der Waals surface area contributed by atoms with Gasteiger partial charge in [0, 0.05) is 35.7 Å². The van der Waals surface area contributed by atoms with Crippen molar-refractivity contribution in [2.75, 3.05) is 12.3 Å². The number of hydrogen-bond donors (Lipinski definition) is 6. The predicted molar refractivity (Wildman–Crippen MR) is 131 cm³/mol. The number of carbonyl (C=O) groups excluding carboxylic acids is 1. The quantitative estimate of drug-likeness (QED) is 0.219. The van der Waals surface area contributed by atoms with Crippen LogP contribution in [0.15, 0.2) is 54.3 Å². The molecule has 13 nitrogen and oxygen atoms in total. The number of nitrogens with zero attached hydrogens (tertiary/aromatic N) is 3. The lowest BCUT2D eigenvalue weighted by Crippen LogP contribution is -2.39. The molecule has 0 saturated carbocycles. The highest BCUT2D eigenvalue weighted by Gasteiger charge is 2.44. The van der Waals surface area contributed by atoms with E-state index in [1.807, 2.05) is 0 Å². The van der Waals surface area contributed by atoms with Crippen LogP contribution in [-0.2, 0) is 20.5 Å². The van der Waals surface area contributed by atoms with Crippen molar-refractivity contribution in [1.82, 2.24) is 24.6 Å². The minimum atomic E-state index is -3.93. The number of ether oxygens (including phenoxy) is 1. The standard InChI is InChI=1S/C23H26N6O7S/c24-15-7-9-25-20-17(15)26-12-29(20)22-19(31)18(30)16(36-22)11-27-37(34,35)10-4-3-8-23(33)14-6-2-1-5-13(14)21(32)28-23/h1-2,4-7,9-10,12,16,18-19,22,27,30-31,33H,3,8,11H2,(H2,24,25)(H,28,32)/b10-4+/t16-,18-,19-,22-,23?/m1/s1. The second-order valence-corrected chi connectivity index (χ2v) is 10.6. The SMILES string of the molecule is Nc1ccnc2c1ncn2[C@@H]1O[C@H](CNS(=O)(=O)/C=C/CCC2(O)NC(=O)c3ccccc32)[C@@H](O)[C@H]1O. The number of aliphatic hydroxyl groups is 3. The van der Waals surface area contributed by atoms with Gasteiger partial charge < -0.3 is 31.1 Å². The summed E-state index contributed by atoms with van der Waals surface area (Å²) in [6.45, 7) is -0.309. The maximum atomic E-state index is 12.5. The zero-order valence-electron chi connectivity index (χ0n) is 19.4. The number of anilines is 1. The molecule has 1 unspecified atom stereocenters. The van der Waals surface area contributed by atoms with Gasteiger partial charge in [-0.25, -0.2) is 23.1 Å². The Morgan fingerprint density at radius 1 is 1.22 bits per heavy atom. The van der Waals surface area contributed by atoms with Crippen LogP contribution in [0.3, 0.4) is 0 Å². The molecular weight excluding hydrogens is 504 g/mol. The number of sulfonamides is 1. The molecule has 7 N–H and O–H groups in total. The molecule has 1 saturated heterocycles. The smallest absolute Gasteiger partial charge is 0.254 e. The van der Waals surface area contributed by atoms with E-state index in [9.17, 15) is 28.5 Å². The van der Waals surface area contributed by atoms with Gasteiger partial charge in [0.15, 0.2) is 17.6 Å². The van der Waals surface area contributed by atoms with Crippen molar-refractivity contribution in [2.24, 2.45) is 0 Å². The van der Waals surface area contributed by atoms with Gasteiger partial charge in [0.25, 0.3) is 5.91 Å². The van der Waals surface area contributed by atoms with E-state index in [-0.39, 0.29) is 19.4 Å². The number of benzene rings is 1. The van der Waals surface area contributed by atoms with E-state index >= 15 is 0 Å². The van der Waals surface area contributed by atoms with Crippen LogP contribution < -0.4 is 15.8 Å².